The average Bonchev–Trinajstić information content (AvgIpc) is 2.80. The summed E-state index contributed by atoms with van der Waals surface area (Å²) in [4.78, 5) is 36.8. The van der Waals surface area contributed by atoms with Gasteiger partial charge in [0.1, 0.15) is 0 Å². The predicted molar refractivity (Wildman–Crippen MR) is 122 cm³/mol. The van der Waals surface area contributed by atoms with Crippen molar-refractivity contribution in [2.24, 2.45) is 0 Å². The van der Waals surface area contributed by atoms with Crippen molar-refractivity contribution in [2.45, 2.75) is 36.5 Å². The van der Waals surface area contributed by atoms with Gasteiger partial charge in [-0.15, -0.1) is 0 Å². The first-order valence-electron chi connectivity index (χ1n) is 10.6. The zero-order chi connectivity index (χ0) is 24.1. The Morgan fingerprint density at radius 1 is 1.15 bits per heavy atom. The van der Waals surface area contributed by atoms with Crippen molar-refractivity contribution in [3.05, 3.63) is 59.7 Å². The Bertz CT molecular complexity index is 1150. The Balaban J connectivity index is 1.74. The third-order valence-electron chi connectivity index (χ3n) is 5.77. The van der Waals surface area contributed by atoms with E-state index in [1.54, 1.807) is 24.3 Å². The third kappa shape index (κ3) is 5.47. The molecule has 1 unspecified atom stereocenters. The fraction of sp³-hybridized carbons (Fsp3) is 0.348. The number of methoxy groups -OCH3 is 1. The van der Waals surface area contributed by atoms with E-state index in [0.717, 1.165) is 5.56 Å². The molecule has 1 atom stereocenters. The Morgan fingerprint density at radius 3 is 2.52 bits per heavy atom. The molecule has 1 heterocycles. The van der Waals surface area contributed by atoms with Crippen molar-refractivity contribution >= 4 is 33.4 Å². The van der Waals surface area contributed by atoms with E-state index in [1.165, 1.54) is 31.4 Å². The van der Waals surface area contributed by atoms with E-state index < -0.39 is 21.3 Å². The number of anilines is 1. The molecular weight excluding hydrogens is 446 g/mol. The van der Waals surface area contributed by atoms with Crippen LogP contribution in [0.4, 0.5) is 5.69 Å². The second-order valence-corrected chi connectivity index (χ2v) is 9.53. The maximum Gasteiger partial charge on any atom is 0.255 e. The van der Waals surface area contributed by atoms with E-state index >= 15 is 0 Å². The molecule has 33 heavy (non-hydrogen) atoms. The molecule has 3 rings (SSSR count). The first kappa shape index (κ1) is 24.6. The van der Waals surface area contributed by atoms with Gasteiger partial charge in [0.05, 0.1) is 16.9 Å². The lowest BCUT2D eigenvalue weighted by atomic mass is 9.72. The number of amides is 3. The van der Waals surface area contributed by atoms with Crippen LogP contribution in [0.15, 0.2) is 53.4 Å². The largest absolute Gasteiger partial charge is 0.383 e. The molecule has 0 radical (unpaired) electrons. The van der Waals surface area contributed by atoms with Crippen LogP contribution in [0.25, 0.3) is 0 Å². The molecular formula is C23H27N3O6S. The van der Waals surface area contributed by atoms with Crippen molar-refractivity contribution in [3.63, 3.8) is 0 Å². The molecule has 3 N–H and O–H groups in total. The highest BCUT2D eigenvalue weighted by Crippen LogP contribution is 2.36. The molecule has 0 spiro atoms. The van der Waals surface area contributed by atoms with Crippen LogP contribution in [0.5, 0.6) is 0 Å². The smallest absolute Gasteiger partial charge is 0.255 e. The first-order valence-corrected chi connectivity index (χ1v) is 12.0. The minimum atomic E-state index is -3.77. The van der Waals surface area contributed by atoms with Gasteiger partial charge < -0.3 is 10.1 Å². The summed E-state index contributed by atoms with van der Waals surface area (Å²) in [5.41, 5.74) is 0.662. The van der Waals surface area contributed by atoms with E-state index in [0.29, 0.717) is 18.5 Å². The van der Waals surface area contributed by atoms with Gasteiger partial charge in [-0.25, -0.2) is 13.1 Å². The Hall–Kier alpha value is -3.08. The number of hydrogen-bond donors (Lipinski definition) is 3. The Kier molecular flexibility index (Phi) is 7.62. The summed E-state index contributed by atoms with van der Waals surface area (Å²) in [6.07, 6.45) is 1.24. The molecule has 0 bridgehead atoms. The number of rotatable bonds is 9. The van der Waals surface area contributed by atoms with Gasteiger partial charge in [-0.3, -0.25) is 19.7 Å². The normalized spacial score (nSPS) is 18.6. The number of hydrogen-bond acceptors (Lipinski definition) is 6. The number of benzene rings is 2. The van der Waals surface area contributed by atoms with Gasteiger partial charge >= 0.3 is 0 Å². The molecule has 0 aromatic heterocycles. The van der Waals surface area contributed by atoms with Crippen LogP contribution in [-0.2, 0) is 29.8 Å². The van der Waals surface area contributed by atoms with E-state index in [-0.39, 0.29) is 41.8 Å². The zero-order valence-corrected chi connectivity index (χ0v) is 19.3. The van der Waals surface area contributed by atoms with E-state index in [2.05, 4.69) is 15.4 Å². The SMILES string of the molecule is CCC1(c2ccc(NC(=O)c3cccc(S(=O)(=O)NCCOC)c3)cc2)CCC(=O)NC1=O. The van der Waals surface area contributed by atoms with Gasteiger partial charge in [-0.2, -0.15) is 0 Å². The van der Waals surface area contributed by atoms with Crippen molar-refractivity contribution in [3.8, 4) is 0 Å². The van der Waals surface area contributed by atoms with Gasteiger partial charge in [0.2, 0.25) is 21.8 Å². The van der Waals surface area contributed by atoms with Crippen molar-refractivity contribution < 1.29 is 27.5 Å². The Morgan fingerprint density at radius 2 is 1.88 bits per heavy atom. The van der Waals surface area contributed by atoms with Gasteiger partial charge in [0.25, 0.3) is 5.91 Å². The van der Waals surface area contributed by atoms with Gasteiger partial charge in [0, 0.05) is 31.3 Å². The highest BCUT2D eigenvalue weighted by Gasteiger charge is 2.42. The highest BCUT2D eigenvalue weighted by molar-refractivity contribution is 7.89. The molecule has 0 aliphatic carbocycles. The molecule has 2 aromatic carbocycles. The summed E-state index contributed by atoms with van der Waals surface area (Å²) in [5, 5.41) is 5.15. The van der Waals surface area contributed by atoms with Crippen LogP contribution >= 0.6 is 0 Å². The fourth-order valence-electron chi connectivity index (χ4n) is 3.81. The average molecular weight is 474 g/mol. The first-order chi connectivity index (χ1) is 15.7. The summed E-state index contributed by atoms with van der Waals surface area (Å²) in [6, 6.07) is 12.6. The molecule has 2 aromatic rings. The molecule has 1 fully saturated rings. The van der Waals surface area contributed by atoms with Gasteiger partial charge in [0.15, 0.2) is 0 Å². The molecule has 1 aliphatic heterocycles. The van der Waals surface area contributed by atoms with Crippen molar-refractivity contribution in [1.82, 2.24) is 10.0 Å². The lowest BCUT2D eigenvalue weighted by Gasteiger charge is -2.35. The minimum absolute atomic E-state index is 0.0238. The van der Waals surface area contributed by atoms with E-state index in [9.17, 15) is 22.8 Å². The van der Waals surface area contributed by atoms with Crippen LogP contribution in [0.3, 0.4) is 0 Å². The quantitative estimate of drug-likeness (QED) is 0.377. The van der Waals surface area contributed by atoms with Crippen molar-refractivity contribution in [1.29, 1.82) is 0 Å². The predicted octanol–water partition coefficient (Wildman–Crippen LogP) is 1.95. The molecule has 0 saturated carbocycles. The minimum Gasteiger partial charge on any atom is -0.383 e. The van der Waals surface area contributed by atoms with Crippen molar-refractivity contribution in [2.75, 3.05) is 25.6 Å². The molecule has 10 heteroatoms. The van der Waals surface area contributed by atoms with Crippen LogP contribution in [-0.4, -0.2) is 46.4 Å². The Labute approximate surface area is 193 Å². The number of sulfonamides is 1. The topological polar surface area (TPSA) is 131 Å². The van der Waals surface area contributed by atoms with Crippen LogP contribution in [0, 0.1) is 0 Å². The van der Waals surface area contributed by atoms with Crippen LogP contribution < -0.4 is 15.4 Å². The summed E-state index contributed by atoms with van der Waals surface area (Å²) >= 11 is 0. The molecule has 1 aliphatic rings. The molecule has 176 valence electrons. The maximum absolute atomic E-state index is 12.7. The number of carbonyl (C=O) groups excluding carboxylic acids is 3. The van der Waals surface area contributed by atoms with Gasteiger partial charge in [-0.1, -0.05) is 25.1 Å². The standard InChI is InChI=1S/C23H27N3O6S/c1-3-23(12-11-20(27)26-22(23)29)17-7-9-18(10-8-17)25-21(28)16-5-4-6-19(15-16)33(30,31)24-13-14-32-2/h4-10,15,24H,3,11-14H2,1-2H3,(H,25,28)(H,26,27,29). The number of piperidine rings is 1. The number of ether oxygens (including phenoxy) is 1. The van der Waals surface area contributed by atoms with E-state index in [4.69, 9.17) is 4.74 Å². The summed E-state index contributed by atoms with van der Waals surface area (Å²) in [5.74, 6) is -1.05. The molecule has 1 saturated heterocycles. The number of carbonyl (C=O) groups is 3. The maximum atomic E-state index is 12.7. The number of imide groups is 1. The summed E-state index contributed by atoms with van der Waals surface area (Å²) in [6.45, 7) is 2.25. The van der Waals surface area contributed by atoms with Crippen LogP contribution in [0.1, 0.15) is 42.1 Å². The number of nitrogens with one attached hydrogen (secondary N) is 3. The lowest BCUT2D eigenvalue weighted by molar-refractivity contribution is -0.138. The fourth-order valence-corrected chi connectivity index (χ4v) is 4.87. The van der Waals surface area contributed by atoms with E-state index in [1.807, 2.05) is 6.92 Å². The third-order valence-corrected chi connectivity index (χ3v) is 7.23. The zero-order valence-electron chi connectivity index (χ0n) is 18.5. The molecule has 3 amide bonds. The van der Waals surface area contributed by atoms with Gasteiger partial charge in [-0.05, 0) is 48.7 Å². The molecule has 9 nitrogen and oxygen atoms in total. The second-order valence-electron chi connectivity index (χ2n) is 7.76. The second kappa shape index (κ2) is 10.2. The lowest BCUT2D eigenvalue weighted by Crippen LogP contribution is -2.51. The highest BCUT2D eigenvalue weighted by atomic mass is 32.2. The van der Waals surface area contributed by atoms with Crippen LogP contribution in [0.2, 0.25) is 0 Å². The summed E-state index contributed by atoms with van der Waals surface area (Å²) in [7, 11) is -2.30. The summed E-state index contributed by atoms with van der Waals surface area (Å²) < 4.78 is 32.0. The monoisotopic (exact) mass is 473 g/mol.